The maximum absolute atomic E-state index is 11.9. The Morgan fingerprint density at radius 2 is 1.83 bits per heavy atom. The van der Waals surface area contributed by atoms with Gasteiger partial charge in [-0.25, -0.2) is 8.42 Å². The summed E-state index contributed by atoms with van der Waals surface area (Å²) in [6.07, 6.45) is -0.860. The molecule has 0 saturated carbocycles. The predicted octanol–water partition coefficient (Wildman–Crippen LogP) is 0.960. The number of rotatable bonds is 7. The van der Waals surface area contributed by atoms with E-state index in [0.29, 0.717) is 6.54 Å². The summed E-state index contributed by atoms with van der Waals surface area (Å²) in [5.74, 6) is -0.228. The van der Waals surface area contributed by atoms with Gasteiger partial charge in [0.2, 0.25) is 0 Å². The quantitative estimate of drug-likeness (QED) is 0.775. The Kier molecular flexibility index (Phi) is 5.78. The topological polar surface area (TPSA) is 66.4 Å². The van der Waals surface area contributed by atoms with Gasteiger partial charge in [-0.3, -0.25) is 0 Å². The summed E-state index contributed by atoms with van der Waals surface area (Å²) in [4.78, 5) is 0. The molecule has 1 aromatic carbocycles. The van der Waals surface area contributed by atoms with Gasteiger partial charge in [-0.15, -0.1) is 0 Å². The van der Waals surface area contributed by atoms with Crippen molar-refractivity contribution < 1.29 is 13.5 Å². The molecule has 0 saturated heterocycles. The van der Waals surface area contributed by atoms with E-state index in [4.69, 9.17) is 0 Å². The van der Waals surface area contributed by atoms with E-state index in [0.717, 1.165) is 5.56 Å². The van der Waals surface area contributed by atoms with Crippen LogP contribution in [0.15, 0.2) is 30.3 Å². The van der Waals surface area contributed by atoms with Crippen LogP contribution in [0.25, 0.3) is 0 Å². The molecule has 1 atom stereocenters. The van der Waals surface area contributed by atoms with E-state index < -0.39 is 15.9 Å². The number of aliphatic hydroxyl groups is 1. The number of benzene rings is 1. The Bertz CT molecular complexity index is 443. The fraction of sp³-hybridized carbons (Fsp3) is 0.538. The molecule has 0 fully saturated rings. The van der Waals surface area contributed by atoms with E-state index in [1.165, 1.54) is 0 Å². The first-order valence-electron chi connectivity index (χ1n) is 6.05. The van der Waals surface area contributed by atoms with Crippen LogP contribution in [-0.4, -0.2) is 38.0 Å². The number of hydrogen-bond acceptors (Lipinski definition) is 4. The summed E-state index contributed by atoms with van der Waals surface area (Å²) in [6.45, 7) is 4.20. The van der Waals surface area contributed by atoms with Gasteiger partial charge < -0.3 is 10.4 Å². The van der Waals surface area contributed by atoms with Crippen molar-refractivity contribution >= 4 is 9.84 Å². The van der Waals surface area contributed by atoms with Crippen LogP contribution < -0.4 is 5.32 Å². The lowest BCUT2D eigenvalue weighted by molar-refractivity contribution is 0.190. The Labute approximate surface area is 109 Å². The first-order chi connectivity index (χ1) is 8.39. The van der Waals surface area contributed by atoms with Crippen LogP contribution in [0.2, 0.25) is 0 Å². The van der Waals surface area contributed by atoms with Gasteiger partial charge in [-0.2, -0.15) is 0 Å². The van der Waals surface area contributed by atoms with Crippen molar-refractivity contribution in [2.75, 3.05) is 12.3 Å². The highest BCUT2D eigenvalue weighted by molar-refractivity contribution is 7.90. The van der Waals surface area contributed by atoms with Gasteiger partial charge in [-0.1, -0.05) is 44.2 Å². The number of sulfone groups is 1. The minimum absolute atomic E-state index is 0.0213. The van der Waals surface area contributed by atoms with Gasteiger partial charge in [0.15, 0.2) is 9.84 Å². The number of aliphatic hydroxyl groups excluding tert-OH is 1. The third-order valence-electron chi connectivity index (χ3n) is 2.44. The number of hydrogen-bond donors (Lipinski definition) is 2. The Hall–Kier alpha value is -0.910. The van der Waals surface area contributed by atoms with Crippen molar-refractivity contribution in [3.63, 3.8) is 0 Å². The zero-order valence-corrected chi connectivity index (χ0v) is 11.7. The lowest BCUT2D eigenvalue weighted by Gasteiger charge is -2.14. The van der Waals surface area contributed by atoms with Crippen LogP contribution in [0.4, 0.5) is 0 Å². The van der Waals surface area contributed by atoms with Crippen LogP contribution >= 0.6 is 0 Å². The Morgan fingerprint density at radius 3 is 2.39 bits per heavy atom. The molecule has 4 nitrogen and oxygen atoms in total. The fourth-order valence-electron chi connectivity index (χ4n) is 1.61. The second-order valence-electron chi connectivity index (χ2n) is 4.76. The van der Waals surface area contributed by atoms with E-state index in [1.807, 2.05) is 32.0 Å². The van der Waals surface area contributed by atoms with Gasteiger partial charge in [0.05, 0.1) is 17.6 Å². The second kappa shape index (κ2) is 6.87. The summed E-state index contributed by atoms with van der Waals surface area (Å²) < 4.78 is 23.7. The van der Waals surface area contributed by atoms with Crippen molar-refractivity contribution in [2.24, 2.45) is 0 Å². The van der Waals surface area contributed by atoms with Gasteiger partial charge in [-0.05, 0) is 5.56 Å². The maximum Gasteiger partial charge on any atom is 0.157 e. The molecule has 0 aromatic heterocycles. The van der Waals surface area contributed by atoms with Crippen molar-refractivity contribution in [3.05, 3.63) is 35.9 Å². The molecule has 0 bridgehead atoms. The van der Waals surface area contributed by atoms with Crippen LogP contribution in [0.3, 0.4) is 0 Å². The summed E-state index contributed by atoms with van der Waals surface area (Å²) >= 11 is 0. The molecule has 2 N–H and O–H groups in total. The smallest absolute Gasteiger partial charge is 0.157 e. The maximum atomic E-state index is 11.9. The molecule has 0 radical (unpaired) electrons. The van der Waals surface area contributed by atoms with Crippen molar-refractivity contribution in [1.29, 1.82) is 0 Å². The summed E-state index contributed by atoms with van der Waals surface area (Å²) in [5, 5.41) is 12.7. The largest absolute Gasteiger partial charge is 0.391 e. The molecule has 0 aliphatic rings. The molecule has 18 heavy (non-hydrogen) atoms. The van der Waals surface area contributed by atoms with Crippen LogP contribution in [-0.2, 0) is 15.6 Å². The Morgan fingerprint density at radius 1 is 1.22 bits per heavy atom. The molecule has 1 unspecified atom stereocenters. The van der Waals surface area contributed by atoms with Gasteiger partial charge in [0.1, 0.15) is 0 Å². The molecular weight excluding hydrogens is 250 g/mol. The van der Waals surface area contributed by atoms with Gasteiger partial charge in [0, 0.05) is 12.6 Å². The molecule has 0 aliphatic heterocycles. The SMILES string of the molecule is CC(C)NCC(O)CS(=O)(=O)Cc1ccccc1. The van der Waals surface area contributed by atoms with E-state index in [1.54, 1.807) is 12.1 Å². The summed E-state index contributed by atoms with van der Waals surface area (Å²) in [5.41, 5.74) is 0.751. The highest BCUT2D eigenvalue weighted by atomic mass is 32.2. The molecule has 0 amide bonds. The molecule has 0 aliphatic carbocycles. The first kappa shape index (κ1) is 15.1. The monoisotopic (exact) mass is 271 g/mol. The van der Waals surface area contributed by atoms with E-state index in [2.05, 4.69) is 5.32 Å². The number of nitrogens with one attached hydrogen (secondary N) is 1. The molecule has 102 valence electrons. The zero-order chi connectivity index (χ0) is 13.6. The van der Waals surface area contributed by atoms with E-state index in [9.17, 15) is 13.5 Å². The summed E-state index contributed by atoms with van der Waals surface area (Å²) in [7, 11) is -3.27. The average Bonchev–Trinajstić information content (AvgIpc) is 2.26. The summed E-state index contributed by atoms with van der Waals surface area (Å²) in [6, 6.07) is 9.24. The molecule has 1 rings (SSSR count). The fourth-order valence-corrected chi connectivity index (χ4v) is 3.13. The molecule has 0 heterocycles. The van der Waals surface area contributed by atoms with E-state index >= 15 is 0 Å². The van der Waals surface area contributed by atoms with Crippen LogP contribution in [0, 0.1) is 0 Å². The van der Waals surface area contributed by atoms with Gasteiger partial charge in [0.25, 0.3) is 0 Å². The van der Waals surface area contributed by atoms with Crippen molar-refractivity contribution in [2.45, 2.75) is 31.7 Å². The van der Waals surface area contributed by atoms with Crippen molar-refractivity contribution in [1.82, 2.24) is 5.32 Å². The molecule has 1 aromatic rings. The Balaban J connectivity index is 2.49. The highest BCUT2D eigenvalue weighted by Gasteiger charge is 2.17. The lowest BCUT2D eigenvalue weighted by Crippen LogP contribution is -2.36. The standard InChI is InChI=1S/C13H21NO3S/c1-11(2)14-8-13(15)10-18(16,17)9-12-6-4-3-5-7-12/h3-7,11,13-15H,8-10H2,1-2H3. The molecular formula is C13H21NO3S. The molecule has 0 spiro atoms. The van der Waals surface area contributed by atoms with Gasteiger partial charge >= 0.3 is 0 Å². The normalized spacial score (nSPS) is 13.8. The second-order valence-corrected chi connectivity index (χ2v) is 6.87. The third-order valence-corrected chi connectivity index (χ3v) is 4.10. The highest BCUT2D eigenvalue weighted by Crippen LogP contribution is 2.07. The average molecular weight is 271 g/mol. The van der Waals surface area contributed by atoms with Crippen LogP contribution in [0.5, 0.6) is 0 Å². The van der Waals surface area contributed by atoms with E-state index in [-0.39, 0.29) is 17.5 Å². The van der Waals surface area contributed by atoms with Crippen LogP contribution in [0.1, 0.15) is 19.4 Å². The zero-order valence-electron chi connectivity index (χ0n) is 10.8. The minimum atomic E-state index is -3.27. The first-order valence-corrected chi connectivity index (χ1v) is 7.87. The lowest BCUT2D eigenvalue weighted by atomic mass is 10.2. The third kappa shape index (κ3) is 6.14. The van der Waals surface area contributed by atoms with Crippen molar-refractivity contribution in [3.8, 4) is 0 Å². The molecule has 5 heteroatoms. The minimum Gasteiger partial charge on any atom is -0.391 e. The predicted molar refractivity (Wildman–Crippen MR) is 73.1 cm³/mol.